The van der Waals surface area contributed by atoms with Crippen molar-refractivity contribution < 1.29 is 9.59 Å². The lowest BCUT2D eigenvalue weighted by Crippen LogP contribution is -2.28. The maximum absolute atomic E-state index is 13.0. The third-order valence-corrected chi connectivity index (χ3v) is 5.76. The zero-order chi connectivity index (χ0) is 24.2. The number of anilines is 1. The normalized spacial score (nSPS) is 12.0. The lowest BCUT2D eigenvalue weighted by Gasteiger charge is -2.19. The van der Waals surface area contributed by atoms with Crippen molar-refractivity contribution in [2.24, 2.45) is 0 Å². The first kappa shape index (κ1) is 23.2. The van der Waals surface area contributed by atoms with Gasteiger partial charge in [0.15, 0.2) is 0 Å². The number of nitrogens with zero attached hydrogens (tertiary/aromatic N) is 3. The van der Waals surface area contributed by atoms with Crippen molar-refractivity contribution in [2.75, 3.05) is 19.4 Å². The van der Waals surface area contributed by atoms with E-state index in [9.17, 15) is 9.59 Å². The highest BCUT2D eigenvalue weighted by atomic mass is 16.2. The Bertz CT molecular complexity index is 1340. The Kier molecular flexibility index (Phi) is 6.75. The van der Waals surface area contributed by atoms with Crippen molar-refractivity contribution in [2.45, 2.75) is 26.4 Å². The van der Waals surface area contributed by atoms with Gasteiger partial charge in [-0.1, -0.05) is 36.4 Å². The van der Waals surface area contributed by atoms with Gasteiger partial charge < -0.3 is 15.5 Å². The third kappa shape index (κ3) is 5.00. The summed E-state index contributed by atoms with van der Waals surface area (Å²) < 4.78 is 1.75. The van der Waals surface area contributed by atoms with Crippen LogP contribution in [0.15, 0.2) is 73.1 Å². The molecule has 174 valence electrons. The number of carbonyl (C=O) groups excluding carboxylic acids is 2. The minimum atomic E-state index is -0.244. The summed E-state index contributed by atoms with van der Waals surface area (Å²) in [5.41, 5.74) is 5.34. The smallest absolute Gasteiger partial charge is 0.274 e. The molecular weight excluding hydrogens is 426 g/mol. The topological polar surface area (TPSA) is 78.7 Å². The molecule has 0 saturated carbocycles. The predicted molar refractivity (Wildman–Crippen MR) is 134 cm³/mol. The number of aryl methyl sites for hydroxylation is 1. The average molecular weight is 456 g/mol. The molecule has 7 heteroatoms. The molecule has 4 rings (SSSR count). The maximum Gasteiger partial charge on any atom is 0.274 e. The summed E-state index contributed by atoms with van der Waals surface area (Å²) in [7, 11) is 3.96. The SMILES string of the molecule is Cc1ccc([C@H](C)NC(=O)c2ccccc2CN(C)C)cc1NC(=O)c1cnc2ccccn12. The molecule has 2 aromatic carbocycles. The summed E-state index contributed by atoms with van der Waals surface area (Å²) >= 11 is 0. The van der Waals surface area contributed by atoms with Crippen LogP contribution in [-0.2, 0) is 6.54 Å². The van der Waals surface area contributed by atoms with Gasteiger partial charge in [-0.3, -0.25) is 14.0 Å². The van der Waals surface area contributed by atoms with Crippen molar-refractivity contribution >= 4 is 23.1 Å². The molecule has 2 heterocycles. The predicted octanol–water partition coefficient (Wildman–Crippen LogP) is 4.45. The van der Waals surface area contributed by atoms with Crippen molar-refractivity contribution in [3.05, 3.63) is 101 Å². The Morgan fingerprint density at radius 1 is 1.03 bits per heavy atom. The molecule has 0 radical (unpaired) electrons. The summed E-state index contributed by atoms with van der Waals surface area (Å²) in [6, 6.07) is 18.8. The van der Waals surface area contributed by atoms with Crippen molar-refractivity contribution in [1.82, 2.24) is 19.6 Å². The minimum absolute atomic E-state index is 0.123. The van der Waals surface area contributed by atoms with Crippen LogP contribution in [0, 0.1) is 6.92 Å². The molecule has 0 fully saturated rings. The van der Waals surface area contributed by atoms with Crippen molar-refractivity contribution in [3.8, 4) is 0 Å². The third-order valence-electron chi connectivity index (χ3n) is 5.76. The fourth-order valence-electron chi connectivity index (χ4n) is 3.91. The second-order valence-electron chi connectivity index (χ2n) is 8.69. The maximum atomic E-state index is 13.0. The molecule has 2 N–H and O–H groups in total. The Labute approximate surface area is 199 Å². The van der Waals surface area contributed by atoms with Gasteiger partial charge in [0.1, 0.15) is 11.3 Å². The van der Waals surface area contributed by atoms with E-state index in [0.717, 1.165) is 16.7 Å². The van der Waals surface area contributed by atoms with Crippen molar-refractivity contribution in [1.29, 1.82) is 0 Å². The molecule has 1 atom stereocenters. The second kappa shape index (κ2) is 9.89. The fraction of sp³-hybridized carbons (Fsp3) is 0.222. The summed E-state index contributed by atoms with van der Waals surface area (Å²) in [4.78, 5) is 32.3. The first-order chi connectivity index (χ1) is 16.3. The molecule has 0 spiro atoms. The summed E-state index contributed by atoms with van der Waals surface area (Å²) in [6.07, 6.45) is 3.38. The number of benzene rings is 2. The molecule has 2 aromatic heterocycles. The van der Waals surface area contributed by atoms with E-state index >= 15 is 0 Å². The van der Waals surface area contributed by atoms with Crippen LogP contribution in [0.3, 0.4) is 0 Å². The lowest BCUT2D eigenvalue weighted by atomic mass is 10.0. The van der Waals surface area contributed by atoms with Gasteiger partial charge in [-0.2, -0.15) is 0 Å². The van der Waals surface area contributed by atoms with E-state index in [1.807, 2.05) is 99.7 Å². The van der Waals surface area contributed by atoms with Crippen LogP contribution >= 0.6 is 0 Å². The van der Waals surface area contributed by atoms with Crippen LogP contribution in [0.1, 0.15) is 50.5 Å². The van der Waals surface area contributed by atoms with E-state index < -0.39 is 0 Å². The van der Waals surface area contributed by atoms with Crippen LogP contribution in [0.4, 0.5) is 5.69 Å². The Hall–Kier alpha value is -3.97. The van der Waals surface area contributed by atoms with Crippen LogP contribution in [0.25, 0.3) is 5.65 Å². The van der Waals surface area contributed by atoms with E-state index in [1.54, 1.807) is 10.6 Å². The quantitative estimate of drug-likeness (QED) is 0.432. The first-order valence-electron chi connectivity index (χ1n) is 11.2. The molecule has 0 bridgehead atoms. The summed E-state index contributed by atoms with van der Waals surface area (Å²) in [5.74, 6) is -0.366. The van der Waals surface area contributed by atoms with E-state index in [4.69, 9.17) is 0 Å². The summed E-state index contributed by atoms with van der Waals surface area (Å²) in [5, 5.41) is 6.09. The monoisotopic (exact) mass is 455 g/mol. The van der Waals surface area contributed by atoms with E-state index in [0.29, 0.717) is 29.1 Å². The molecule has 7 nitrogen and oxygen atoms in total. The van der Waals surface area contributed by atoms with Gasteiger partial charge in [0.05, 0.1) is 12.2 Å². The number of hydrogen-bond donors (Lipinski definition) is 2. The Balaban J connectivity index is 1.51. The molecule has 4 aromatic rings. The lowest BCUT2D eigenvalue weighted by molar-refractivity contribution is 0.0937. The number of nitrogens with one attached hydrogen (secondary N) is 2. The van der Waals surface area contributed by atoms with Gasteiger partial charge in [-0.25, -0.2) is 4.98 Å². The largest absolute Gasteiger partial charge is 0.346 e. The minimum Gasteiger partial charge on any atom is -0.346 e. The molecule has 0 aliphatic rings. The molecule has 0 saturated heterocycles. The van der Waals surface area contributed by atoms with E-state index in [-0.39, 0.29) is 17.9 Å². The van der Waals surface area contributed by atoms with E-state index in [1.165, 1.54) is 0 Å². The van der Waals surface area contributed by atoms with Crippen LogP contribution < -0.4 is 10.6 Å². The van der Waals surface area contributed by atoms with Gasteiger partial charge in [-0.05, 0) is 68.9 Å². The summed E-state index contributed by atoms with van der Waals surface area (Å²) in [6.45, 7) is 4.56. The number of aromatic nitrogens is 2. The number of amides is 2. The van der Waals surface area contributed by atoms with Crippen LogP contribution in [0.5, 0.6) is 0 Å². The van der Waals surface area contributed by atoms with Crippen molar-refractivity contribution in [3.63, 3.8) is 0 Å². The number of fused-ring (bicyclic) bond motifs is 1. The average Bonchev–Trinajstić information content (AvgIpc) is 3.24. The number of pyridine rings is 1. The number of rotatable bonds is 7. The molecule has 0 unspecified atom stereocenters. The number of imidazole rings is 1. The number of carbonyl (C=O) groups is 2. The van der Waals surface area contributed by atoms with Gasteiger partial charge in [-0.15, -0.1) is 0 Å². The molecular formula is C27H29N5O2. The fourth-order valence-corrected chi connectivity index (χ4v) is 3.91. The zero-order valence-corrected chi connectivity index (χ0v) is 19.9. The Morgan fingerprint density at radius 3 is 2.59 bits per heavy atom. The van der Waals surface area contributed by atoms with Gasteiger partial charge >= 0.3 is 0 Å². The molecule has 0 aliphatic carbocycles. The standard InChI is InChI=1S/C27H29N5O2/c1-18-12-13-20(19(2)29-26(33)22-10-6-5-9-21(22)17-31(3)4)15-23(18)30-27(34)24-16-28-25-11-7-8-14-32(24)25/h5-16,19H,17H2,1-4H3,(H,29,33)(H,30,34)/t19-/m0/s1. The highest BCUT2D eigenvalue weighted by Crippen LogP contribution is 2.23. The highest BCUT2D eigenvalue weighted by molar-refractivity contribution is 6.04. The second-order valence-corrected chi connectivity index (χ2v) is 8.69. The number of hydrogen-bond acceptors (Lipinski definition) is 4. The van der Waals surface area contributed by atoms with Gasteiger partial charge in [0, 0.05) is 24.0 Å². The highest BCUT2D eigenvalue weighted by Gasteiger charge is 2.17. The molecule has 2 amide bonds. The van der Waals surface area contributed by atoms with Crippen LogP contribution in [-0.4, -0.2) is 40.2 Å². The Morgan fingerprint density at radius 2 is 1.79 bits per heavy atom. The first-order valence-corrected chi connectivity index (χ1v) is 11.2. The van der Waals surface area contributed by atoms with Crippen LogP contribution in [0.2, 0.25) is 0 Å². The van der Waals surface area contributed by atoms with Gasteiger partial charge in [0.2, 0.25) is 0 Å². The molecule has 0 aliphatic heterocycles. The van der Waals surface area contributed by atoms with E-state index in [2.05, 4.69) is 15.6 Å². The molecule has 34 heavy (non-hydrogen) atoms. The van der Waals surface area contributed by atoms with Gasteiger partial charge in [0.25, 0.3) is 11.8 Å². The zero-order valence-electron chi connectivity index (χ0n) is 19.9.